The molecule has 2 aromatic carbocycles. The molecule has 250 valence electrons. The quantitative estimate of drug-likeness (QED) is 0.224. The van der Waals surface area contributed by atoms with Crippen molar-refractivity contribution in [1.29, 1.82) is 0 Å². The van der Waals surface area contributed by atoms with E-state index in [1.807, 2.05) is 30.3 Å². The summed E-state index contributed by atoms with van der Waals surface area (Å²) in [7, 11) is -6.95. The van der Waals surface area contributed by atoms with Crippen molar-refractivity contribution < 1.29 is 51.2 Å². The average molecular weight is 671 g/mol. The first kappa shape index (κ1) is 35.3. The number of rotatable bonds is 16. The number of fused-ring (bicyclic) bond motifs is 1. The Bertz CT molecular complexity index is 1400. The fourth-order valence-electron chi connectivity index (χ4n) is 5.45. The number of alkyl carbamates (subject to hydrolysis) is 1. The van der Waals surface area contributed by atoms with Crippen LogP contribution in [0.25, 0.3) is 0 Å². The number of methoxy groups -OCH3 is 1. The van der Waals surface area contributed by atoms with Gasteiger partial charge in [0.15, 0.2) is 6.29 Å². The van der Waals surface area contributed by atoms with Gasteiger partial charge >= 0.3 is 13.7 Å². The third-order valence-corrected chi connectivity index (χ3v) is 10.0. The Labute approximate surface area is 264 Å². The van der Waals surface area contributed by atoms with Crippen LogP contribution in [0.2, 0.25) is 0 Å². The van der Waals surface area contributed by atoms with Crippen LogP contribution in [0.4, 0.5) is 4.79 Å². The zero-order valence-electron chi connectivity index (χ0n) is 25.7. The second-order valence-electron chi connectivity index (χ2n) is 12.1. The maximum absolute atomic E-state index is 14.0. The topological polar surface area (TPSA) is 170 Å². The predicted molar refractivity (Wildman–Crippen MR) is 164 cm³/mol. The van der Waals surface area contributed by atoms with E-state index in [1.54, 1.807) is 26.0 Å². The summed E-state index contributed by atoms with van der Waals surface area (Å²) < 4.78 is 67.8. The van der Waals surface area contributed by atoms with Crippen LogP contribution >= 0.6 is 7.60 Å². The van der Waals surface area contributed by atoms with E-state index in [0.717, 1.165) is 12.0 Å². The molecule has 13 nitrogen and oxygen atoms in total. The van der Waals surface area contributed by atoms with Crippen LogP contribution in [-0.4, -0.2) is 93.4 Å². The number of ether oxygens (including phenoxy) is 5. The molecular formula is C30H43N2O11PS. The van der Waals surface area contributed by atoms with E-state index in [4.69, 9.17) is 23.7 Å². The summed E-state index contributed by atoms with van der Waals surface area (Å²) >= 11 is 0. The molecule has 4 atom stereocenters. The summed E-state index contributed by atoms with van der Waals surface area (Å²) in [6.45, 7) is 4.21. The van der Waals surface area contributed by atoms with E-state index in [1.165, 1.54) is 23.5 Å². The number of carbonyl (C=O) groups is 1. The number of hydrogen-bond donors (Lipinski definition) is 3. The van der Waals surface area contributed by atoms with Gasteiger partial charge < -0.3 is 38.8 Å². The van der Waals surface area contributed by atoms with Crippen molar-refractivity contribution in [3.05, 3.63) is 60.2 Å². The third-order valence-electron chi connectivity index (χ3n) is 7.67. The minimum Gasteiger partial charge on any atom is -0.497 e. The monoisotopic (exact) mass is 670 g/mol. The summed E-state index contributed by atoms with van der Waals surface area (Å²) in [4.78, 5) is 31.5. The average Bonchev–Trinajstić information content (AvgIpc) is 3.60. The lowest BCUT2D eigenvalue weighted by atomic mass is 9.94. The zero-order valence-corrected chi connectivity index (χ0v) is 27.5. The Balaban J connectivity index is 1.51. The van der Waals surface area contributed by atoms with Gasteiger partial charge in [-0.25, -0.2) is 13.2 Å². The van der Waals surface area contributed by atoms with E-state index >= 15 is 0 Å². The molecule has 0 radical (unpaired) electrons. The van der Waals surface area contributed by atoms with Crippen LogP contribution in [0.1, 0.15) is 32.3 Å². The smallest absolute Gasteiger partial charge is 0.407 e. The van der Waals surface area contributed by atoms with Crippen molar-refractivity contribution in [3.8, 4) is 5.75 Å². The molecule has 1 unspecified atom stereocenters. The first-order valence-corrected chi connectivity index (χ1v) is 18.0. The highest BCUT2D eigenvalue weighted by molar-refractivity contribution is 7.89. The molecule has 0 saturated carbocycles. The second kappa shape index (κ2) is 15.4. The van der Waals surface area contributed by atoms with Crippen molar-refractivity contribution in [1.82, 2.24) is 9.62 Å². The van der Waals surface area contributed by atoms with Gasteiger partial charge in [-0.1, -0.05) is 44.2 Å². The minimum absolute atomic E-state index is 0.0203. The number of sulfonamides is 1. The van der Waals surface area contributed by atoms with Gasteiger partial charge in [0.1, 0.15) is 18.2 Å². The van der Waals surface area contributed by atoms with Gasteiger partial charge in [0.25, 0.3) is 0 Å². The van der Waals surface area contributed by atoms with E-state index in [2.05, 4.69) is 5.32 Å². The SMILES string of the molecule is COc1ccc(S(=O)(=O)N(CC[C@H](Cc2ccccc2)NC(=O)OC2CO[C@H]3OCC[C@@H]23)CC(C)(C)COCP(=O)(O)O)cc1. The largest absolute Gasteiger partial charge is 0.497 e. The van der Waals surface area contributed by atoms with Gasteiger partial charge in [-0.3, -0.25) is 4.57 Å². The molecule has 2 saturated heterocycles. The molecule has 0 bridgehead atoms. The molecule has 2 aromatic rings. The lowest BCUT2D eigenvalue weighted by Crippen LogP contribution is -2.45. The van der Waals surface area contributed by atoms with E-state index in [0.29, 0.717) is 18.8 Å². The molecule has 2 fully saturated rings. The van der Waals surface area contributed by atoms with Gasteiger partial charge in [0, 0.05) is 24.5 Å². The molecule has 3 N–H and O–H groups in total. The molecule has 0 aromatic heterocycles. The lowest BCUT2D eigenvalue weighted by molar-refractivity contribution is -0.0907. The van der Waals surface area contributed by atoms with E-state index < -0.39 is 47.6 Å². The summed E-state index contributed by atoms with van der Waals surface area (Å²) in [6, 6.07) is 15.1. The van der Waals surface area contributed by atoms with E-state index in [9.17, 15) is 27.6 Å². The maximum Gasteiger partial charge on any atom is 0.407 e. The molecule has 4 rings (SSSR count). The molecule has 2 heterocycles. The maximum atomic E-state index is 14.0. The predicted octanol–water partition coefficient (Wildman–Crippen LogP) is 3.35. The number of nitrogens with one attached hydrogen (secondary N) is 1. The van der Waals surface area contributed by atoms with Crippen molar-refractivity contribution in [3.63, 3.8) is 0 Å². The third kappa shape index (κ3) is 10.5. The van der Waals surface area contributed by atoms with Crippen LogP contribution in [0.5, 0.6) is 5.75 Å². The molecule has 15 heteroatoms. The van der Waals surface area contributed by atoms with Gasteiger partial charge in [-0.15, -0.1) is 0 Å². The van der Waals surface area contributed by atoms with Gasteiger partial charge in [0.05, 0.1) is 37.7 Å². The summed E-state index contributed by atoms with van der Waals surface area (Å²) in [5.74, 6) is 0.476. The highest BCUT2D eigenvalue weighted by Crippen LogP contribution is 2.35. The first-order valence-electron chi connectivity index (χ1n) is 14.8. The van der Waals surface area contributed by atoms with Crippen molar-refractivity contribution >= 4 is 23.7 Å². The van der Waals surface area contributed by atoms with Crippen molar-refractivity contribution in [2.75, 3.05) is 46.4 Å². The van der Waals surface area contributed by atoms with Gasteiger partial charge in [0.2, 0.25) is 10.0 Å². The summed E-state index contributed by atoms with van der Waals surface area (Å²) in [5.41, 5.74) is 0.130. The Kier molecular flexibility index (Phi) is 12.1. The van der Waals surface area contributed by atoms with Gasteiger partial charge in [-0.05, 0) is 49.1 Å². The van der Waals surface area contributed by atoms with Crippen molar-refractivity contribution in [2.24, 2.45) is 11.3 Å². The van der Waals surface area contributed by atoms with Gasteiger partial charge in [-0.2, -0.15) is 4.31 Å². The molecule has 2 aliphatic rings. The Morgan fingerprint density at radius 2 is 1.84 bits per heavy atom. The molecule has 2 aliphatic heterocycles. The Morgan fingerprint density at radius 3 is 2.51 bits per heavy atom. The molecule has 0 aliphatic carbocycles. The summed E-state index contributed by atoms with van der Waals surface area (Å²) in [6.07, 6.45) is -0.779. The van der Waals surface area contributed by atoms with Crippen LogP contribution in [-0.2, 0) is 40.0 Å². The lowest BCUT2D eigenvalue weighted by Gasteiger charge is -2.33. The first-order chi connectivity index (χ1) is 21.3. The molecule has 45 heavy (non-hydrogen) atoms. The molecule has 0 spiro atoms. The fourth-order valence-corrected chi connectivity index (χ4v) is 7.43. The highest BCUT2D eigenvalue weighted by Gasteiger charge is 2.44. The molecule has 1 amide bonds. The normalized spacial score (nSPS) is 21.0. The Morgan fingerprint density at radius 1 is 1.13 bits per heavy atom. The second-order valence-corrected chi connectivity index (χ2v) is 15.6. The van der Waals surface area contributed by atoms with Crippen molar-refractivity contribution in [2.45, 2.75) is 56.4 Å². The number of nitrogens with zero attached hydrogens (tertiary/aromatic N) is 1. The minimum atomic E-state index is -4.40. The van der Waals surface area contributed by atoms with Crippen LogP contribution < -0.4 is 10.1 Å². The number of carbonyl (C=O) groups excluding carboxylic acids is 1. The fraction of sp³-hybridized carbons (Fsp3) is 0.567. The standard InChI is InChI=1S/C30H43N2O11PS/c1-30(2,20-40-21-44(34,35)36)19-32(45(37,38)25-11-9-24(39-3)10-12-25)15-13-23(17-22-7-5-4-6-8-22)31-29(33)43-27-18-42-28-26(27)14-16-41-28/h4-12,23,26-28H,13-21H2,1-3H3,(H,31,33)(H2,34,35,36)/t23-,26+,27?,28-/m1/s1. The highest BCUT2D eigenvalue weighted by atomic mass is 32.2. The number of hydrogen-bond acceptors (Lipinski definition) is 9. The van der Waals surface area contributed by atoms with Crippen LogP contribution in [0, 0.1) is 11.3 Å². The summed E-state index contributed by atoms with van der Waals surface area (Å²) in [5, 5.41) is 2.94. The Hall–Kier alpha value is -2.55. The molecular weight excluding hydrogens is 627 g/mol. The number of benzene rings is 2. The van der Waals surface area contributed by atoms with E-state index in [-0.39, 0.29) is 49.8 Å². The number of amides is 1. The van der Waals surface area contributed by atoms with Crippen LogP contribution in [0.3, 0.4) is 0 Å². The zero-order chi connectivity index (χ0) is 32.7. The van der Waals surface area contributed by atoms with Crippen LogP contribution in [0.15, 0.2) is 59.5 Å².